The molecule has 0 spiro atoms. The van der Waals surface area contributed by atoms with Gasteiger partial charge in [-0.05, 0) is 36.8 Å². The monoisotopic (exact) mass is 617 g/mol. The summed E-state index contributed by atoms with van der Waals surface area (Å²) in [4.78, 5) is 21.2. The van der Waals surface area contributed by atoms with Gasteiger partial charge < -0.3 is 9.47 Å². The largest absolute Gasteiger partial charge is 0.494 e. The molecule has 1 aliphatic heterocycles. The normalized spacial score (nSPS) is 14.8. The van der Waals surface area contributed by atoms with Crippen LogP contribution in [0.2, 0.25) is 5.02 Å². The maximum Gasteiger partial charge on any atom is 0.416 e. The van der Waals surface area contributed by atoms with E-state index in [9.17, 15) is 31.1 Å². The van der Waals surface area contributed by atoms with Gasteiger partial charge in [0.1, 0.15) is 11.3 Å². The number of halogens is 8. The van der Waals surface area contributed by atoms with Crippen LogP contribution in [0.3, 0.4) is 0 Å². The number of anilines is 1. The van der Waals surface area contributed by atoms with Crippen LogP contribution in [0, 0.1) is 0 Å². The number of carbonyl (C=O) groups is 1. The van der Waals surface area contributed by atoms with E-state index in [4.69, 9.17) is 21.1 Å². The summed E-state index contributed by atoms with van der Waals surface area (Å²) in [5.74, 6) is -0.691. The molecule has 1 amide bonds. The van der Waals surface area contributed by atoms with Crippen LogP contribution < -0.4 is 9.64 Å². The lowest BCUT2D eigenvalue weighted by molar-refractivity contribution is -0.143. The molecule has 0 saturated carbocycles. The van der Waals surface area contributed by atoms with Gasteiger partial charge in [0.15, 0.2) is 5.13 Å². The molecule has 3 aromatic rings. The fourth-order valence-electron chi connectivity index (χ4n) is 4.02. The molecule has 0 aliphatic carbocycles. The number of thiazole rings is 1. The van der Waals surface area contributed by atoms with Gasteiger partial charge in [-0.2, -0.15) is 26.3 Å². The number of nitrogens with zero attached hydrogens (tertiary/aromatic N) is 3. The van der Waals surface area contributed by atoms with Crippen LogP contribution in [-0.4, -0.2) is 62.3 Å². The first kappa shape index (κ1) is 31.2. The van der Waals surface area contributed by atoms with Gasteiger partial charge in [0.25, 0.3) is 5.91 Å². The number of carbonyl (C=O) groups excluding carboxylic acids is 1. The Balaban J connectivity index is 0.00000420. The molecule has 15 heteroatoms. The first-order valence-electron chi connectivity index (χ1n) is 11.4. The van der Waals surface area contributed by atoms with Crippen molar-refractivity contribution in [3.63, 3.8) is 0 Å². The Hall–Kier alpha value is -2.32. The van der Waals surface area contributed by atoms with Crippen LogP contribution in [0.15, 0.2) is 30.3 Å². The highest BCUT2D eigenvalue weighted by molar-refractivity contribution is 7.23. The third-order valence-corrected chi connectivity index (χ3v) is 7.48. The van der Waals surface area contributed by atoms with Crippen LogP contribution in [-0.2, 0) is 17.1 Å². The summed E-state index contributed by atoms with van der Waals surface area (Å²) in [6.07, 6.45) is -9.79. The van der Waals surface area contributed by atoms with Gasteiger partial charge in [-0.15, -0.1) is 12.4 Å². The molecule has 1 saturated heterocycles. The molecule has 0 bridgehead atoms. The number of rotatable bonds is 7. The summed E-state index contributed by atoms with van der Waals surface area (Å²) in [5, 5.41) is 0.382. The number of hydrogen-bond acceptors (Lipinski definition) is 6. The number of alkyl halides is 6. The second-order valence-corrected chi connectivity index (χ2v) is 9.87. The van der Waals surface area contributed by atoms with Gasteiger partial charge in [0.05, 0.1) is 41.2 Å². The van der Waals surface area contributed by atoms with Gasteiger partial charge >= 0.3 is 12.4 Å². The van der Waals surface area contributed by atoms with E-state index in [0.29, 0.717) is 72.4 Å². The highest BCUT2D eigenvalue weighted by atomic mass is 35.5. The van der Waals surface area contributed by atoms with E-state index in [1.54, 1.807) is 12.1 Å². The first-order valence-corrected chi connectivity index (χ1v) is 12.6. The van der Waals surface area contributed by atoms with Crippen molar-refractivity contribution in [1.29, 1.82) is 0 Å². The Morgan fingerprint density at radius 1 is 1.10 bits per heavy atom. The fourth-order valence-corrected chi connectivity index (χ4v) is 5.30. The van der Waals surface area contributed by atoms with Crippen LogP contribution in [0.1, 0.15) is 27.9 Å². The summed E-state index contributed by atoms with van der Waals surface area (Å²) in [6, 6.07) is 3.97. The lowest BCUT2D eigenvalue weighted by Crippen LogP contribution is -2.39. The van der Waals surface area contributed by atoms with Crippen molar-refractivity contribution in [2.45, 2.75) is 18.8 Å². The summed E-state index contributed by atoms with van der Waals surface area (Å²) < 4.78 is 91.8. The molecule has 214 valence electrons. The maximum atomic E-state index is 13.6. The number of amides is 1. The van der Waals surface area contributed by atoms with Crippen molar-refractivity contribution >= 4 is 56.6 Å². The predicted molar refractivity (Wildman–Crippen MR) is 138 cm³/mol. The Bertz CT molecular complexity index is 1280. The van der Waals surface area contributed by atoms with Gasteiger partial charge in [0.2, 0.25) is 0 Å². The van der Waals surface area contributed by atoms with E-state index < -0.39 is 35.0 Å². The van der Waals surface area contributed by atoms with Crippen molar-refractivity contribution < 1.29 is 40.6 Å². The van der Waals surface area contributed by atoms with Crippen molar-refractivity contribution in [3.05, 3.63) is 52.0 Å². The minimum absolute atomic E-state index is 0. The number of benzene rings is 2. The zero-order valence-electron chi connectivity index (χ0n) is 20.4. The predicted octanol–water partition coefficient (Wildman–Crippen LogP) is 6.79. The van der Waals surface area contributed by atoms with Crippen molar-refractivity contribution in [3.8, 4) is 5.75 Å². The van der Waals surface area contributed by atoms with Crippen LogP contribution in [0.5, 0.6) is 5.75 Å². The van der Waals surface area contributed by atoms with E-state index in [0.717, 1.165) is 16.2 Å². The Labute approximate surface area is 234 Å². The third kappa shape index (κ3) is 7.26. The summed E-state index contributed by atoms with van der Waals surface area (Å²) in [6.45, 7) is 2.97. The highest BCUT2D eigenvalue weighted by Gasteiger charge is 2.38. The Morgan fingerprint density at radius 3 is 2.28 bits per heavy atom. The lowest BCUT2D eigenvalue weighted by atomic mass is 10.0. The Morgan fingerprint density at radius 2 is 1.72 bits per heavy atom. The minimum atomic E-state index is -5.09. The molecular weight excluding hydrogens is 595 g/mol. The molecule has 1 aromatic heterocycles. The van der Waals surface area contributed by atoms with Crippen molar-refractivity contribution in [2.24, 2.45) is 0 Å². The standard InChI is InChI=1S/C24H22ClF6N3O3S.ClH/c1-36-18-4-3-17(25)20-19(18)32-22(38-20)34(6-2-5-33-7-9-37-10-8-33)21(35)14-11-15(23(26,27)28)13-16(12-14)24(29,30)31;/h3-4,11-13H,2,5-10H2,1H3;1H. The lowest BCUT2D eigenvalue weighted by Gasteiger charge is -2.28. The van der Waals surface area contributed by atoms with Gasteiger partial charge in [-0.25, -0.2) is 4.98 Å². The van der Waals surface area contributed by atoms with E-state index in [-0.39, 0.29) is 30.1 Å². The van der Waals surface area contributed by atoms with Gasteiger partial charge in [-0.3, -0.25) is 14.6 Å². The van der Waals surface area contributed by atoms with Crippen LogP contribution >= 0.6 is 35.3 Å². The number of hydrogen-bond donors (Lipinski definition) is 0. The molecule has 0 N–H and O–H groups in total. The minimum Gasteiger partial charge on any atom is -0.494 e. The van der Waals surface area contributed by atoms with Gasteiger partial charge in [-0.1, -0.05) is 22.9 Å². The van der Waals surface area contributed by atoms with E-state index in [2.05, 4.69) is 9.88 Å². The highest BCUT2D eigenvalue weighted by Crippen LogP contribution is 2.40. The number of morpholine rings is 1. The quantitative estimate of drug-likeness (QED) is 0.273. The number of methoxy groups -OCH3 is 1. The molecule has 6 nitrogen and oxygen atoms in total. The molecule has 2 heterocycles. The number of aromatic nitrogens is 1. The van der Waals surface area contributed by atoms with E-state index in [1.807, 2.05) is 0 Å². The summed E-state index contributed by atoms with van der Waals surface area (Å²) >= 11 is 7.29. The average Bonchev–Trinajstić information content (AvgIpc) is 3.32. The van der Waals surface area contributed by atoms with Crippen molar-refractivity contribution in [1.82, 2.24) is 9.88 Å². The van der Waals surface area contributed by atoms with Crippen LogP contribution in [0.4, 0.5) is 31.5 Å². The molecule has 0 unspecified atom stereocenters. The zero-order valence-corrected chi connectivity index (χ0v) is 22.8. The number of fused-ring (bicyclic) bond motifs is 1. The van der Waals surface area contributed by atoms with E-state index >= 15 is 0 Å². The maximum absolute atomic E-state index is 13.6. The van der Waals surface area contributed by atoms with Gasteiger partial charge in [0, 0.05) is 31.7 Å². The van der Waals surface area contributed by atoms with Crippen LogP contribution in [0.25, 0.3) is 10.2 Å². The molecule has 39 heavy (non-hydrogen) atoms. The summed E-state index contributed by atoms with van der Waals surface area (Å²) in [5.41, 5.74) is -3.57. The second kappa shape index (κ2) is 12.5. The average molecular weight is 618 g/mol. The Kier molecular flexibility index (Phi) is 9.97. The molecule has 1 aliphatic rings. The first-order chi connectivity index (χ1) is 17.9. The summed E-state index contributed by atoms with van der Waals surface area (Å²) in [7, 11) is 1.41. The topological polar surface area (TPSA) is 54.9 Å². The second-order valence-electron chi connectivity index (χ2n) is 8.48. The third-order valence-electron chi connectivity index (χ3n) is 5.94. The molecule has 1 fully saturated rings. The smallest absolute Gasteiger partial charge is 0.416 e. The SMILES string of the molecule is COc1ccc(Cl)c2sc(N(CCCN3CCOCC3)C(=O)c3cc(C(F)(F)F)cc(C(F)(F)F)c3)nc12.Cl. The van der Waals surface area contributed by atoms with E-state index in [1.165, 1.54) is 7.11 Å². The fraction of sp³-hybridized carbons (Fsp3) is 0.417. The molecule has 0 radical (unpaired) electrons. The molecule has 4 rings (SSSR count). The molecule has 0 atom stereocenters. The zero-order chi connectivity index (χ0) is 27.7. The molecular formula is C24H23Cl2F6N3O3S. The van der Waals surface area contributed by atoms with Crippen molar-refractivity contribution in [2.75, 3.05) is 51.4 Å². The number of ether oxygens (including phenoxy) is 2. The molecule has 2 aromatic carbocycles.